The second kappa shape index (κ2) is 13.8. The first kappa shape index (κ1) is 26.6. The molecular formula is C26H32N2O6. The molecule has 2 rings (SSSR count). The third-order valence-corrected chi connectivity index (χ3v) is 5.18. The van der Waals surface area contributed by atoms with Crippen LogP contribution in [0.15, 0.2) is 42.5 Å². The molecule has 0 heterocycles. The zero-order chi connectivity index (χ0) is 24.9. The van der Waals surface area contributed by atoms with Gasteiger partial charge >= 0.3 is 11.9 Å². The summed E-state index contributed by atoms with van der Waals surface area (Å²) in [5.74, 6) is -1.88. The fraction of sp³-hybridized carbons (Fsp3) is 0.385. The molecule has 2 aromatic carbocycles. The van der Waals surface area contributed by atoms with Crippen LogP contribution in [0.3, 0.4) is 0 Å². The van der Waals surface area contributed by atoms with Gasteiger partial charge in [0.15, 0.2) is 6.61 Å². The molecule has 0 fully saturated rings. The minimum absolute atomic E-state index is 0.0985. The van der Waals surface area contributed by atoms with Gasteiger partial charge in [-0.1, -0.05) is 31.9 Å². The number of amides is 2. The van der Waals surface area contributed by atoms with Crippen molar-refractivity contribution >= 4 is 35.1 Å². The zero-order valence-electron chi connectivity index (χ0n) is 19.9. The van der Waals surface area contributed by atoms with E-state index in [1.165, 1.54) is 0 Å². The van der Waals surface area contributed by atoms with Gasteiger partial charge in [-0.2, -0.15) is 0 Å². The first-order valence-corrected chi connectivity index (χ1v) is 11.4. The molecular weight excluding hydrogens is 436 g/mol. The molecule has 34 heavy (non-hydrogen) atoms. The lowest BCUT2D eigenvalue weighted by atomic mass is 10.1. The highest BCUT2D eigenvalue weighted by atomic mass is 16.5. The largest absolute Gasteiger partial charge is 0.462 e. The molecule has 182 valence electrons. The van der Waals surface area contributed by atoms with E-state index in [1.54, 1.807) is 30.3 Å². The number of hydrogen-bond acceptors (Lipinski definition) is 6. The lowest BCUT2D eigenvalue weighted by molar-refractivity contribution is -0.147. The Labute approximate surface area is 200 Å². The minimum atomic E-state index is -0.646. The fourth-order valence-electron chi connectivity index (χ4n) is 3.02. The van der Waals surface area contributed by atoms with Crippen LogP contribution >= 0.6 is 0 Å². The maximum Gasteiger partial charge on any atom is 0.338 e. The second-order valence-corrected chi connectivity index (χ2v) is 7.92. The van der Waals surface area contributed by atoms with Crippen LogP contribution in [0.5, 0.6) is 0 Å². The molecule has 0 radical (unpaired) electrons. The summed E-state index contributed by atoms with van der Waals surface area (Å²) in [6, 6.07) is 11.9. The summed E-state index contributed by atoms with van der Waals surface area (Å²) >= 11 is 0. The van der Waals surface area contributed by atoms with Gasteiger partial charge in [-0.25, -0.2) is 4.79 Å². The lowest BCUT2D eigenvalue weighted by Crippen LogP contribution is -2.22. The number of ether oxygens (including phenoxy) is 2. The summed E-state index contributed by atoms with van der Waals surface area (Å²) in [5, 5.41) is 5.36. The Balaban J connectivity index is 1.69. The number of carbonyl (C=O) groups is 4. The van der Waals surface area contributed by atoms with Crippen molar-refractivity contribution in [2.75, 3.05) is 23.8 Å². The Morgan fingerprint density at radius 3 is 2.26 bits per heavy atom. The molecule has 8 heteroatoms. The van der Waals surface area contributed by atoms with E-state index in [1.807, 2.05) is 26.0 Å². The number of hydrogen-bond donors (Lipinski definition) is 2. The van der Waals surface area contributed by atoms with Gasteiger partial charge in [0, 0.05) is 17.8 Å². The van der Waals surface area contributed by atoms with E-state index in [0.29, 0.717) is 23.5 Å². The van der Waals surface area contributed by atoms with Crippen molar-refractivity contribution in [3.63, 3.8) is 0 Å². The van der Waals surface area contributed by atoms with Gasteiger partial charge < -0.3 is 20.1 Å². The number of aryl methyl sites for hydroxylation is 1. The normalized spacial score (nSPS) is 10.3. The van der Waals surface area contributed by atoms with E-state index in [-0.39, 0.29) is 18.7 Å². The number of benzene rings is 2. The van der Waals surface area contributed by atoms with Crippen molar-refractivity contribution in [1.29, 1.82) is 0 Å². The quantitative estimate of drug-likeness (QED) is 0.349. The van der Waals surface area contributed by atoms with Crippen LogP contribution in [0.4, 0.5) is 11.4 Å². The number of unbranched alkanes of at least 4 members (excludes halogenated alkanes) is 2. The molecule has 2 N–H and O–H groups in total. The Kier molecular flexibility index (Phi) is 10.8. The number of carbonyl (C=O) groups excluding carboxylic acids is 4. The van der Waals surface area contributed by atoms with E-state index in [2.05, 4.69) is 17.6 Å². The molecule has 0 aliphatic heterocycles. The summed E-state index contributed by atoms with van der Waals surface area (Å²) < 4.78 is 10.1. The Hall–Kier alpha value is -3.68. The van der Waals surface area contributed by atoms with E-state index in [9.17, 15) is 19.2 Å². The average molecular weight is 469 g/mol. The Morgan fingerprint density at radius 1 is 0.824 bits per heavy atom. The highest BCUT2D eigenvalue weighted by Gasteiger charge is 2.13. The van der Waals surface area contributed by atoms with Crippen molar-refractivity contribution in [3.8, 4) is 0 Å². The molecule has 0 saturated heterocycles. The van der Waals surface area contributed by atoms with Gasteiger partial charge in [-0.15, -0.1) is 0 Å². The molecule has 0 atom stereocenters. The average Bonchev–Trinajstić information content (AvgIpc) is 2.82. The van der Waals surface area contributed by atoms with Crippen molar-refractivity contribution in [1.82, 2.24) is 0 Å². The number of nitrogens with one attached hydrogen (secondary N) is 2. The zero-order valence-corrected chi connectivity index (χ0v) is 19.9. The molecule has 8 nitrogen and oxygen atoms in total. The summed E-state index contributed by atoms with van der Waals surface area (Å²) in [6.07, 6.45) is 2.62. The molecule has 0 aromatic heterocycles. The predicted molar refractivity (Wildman–Crippen MR) is 130 cm³/mol. The predicted octanol–water partition coefficient (Wildman–Crippen LogP) is 4.55. The van der Waals surface area contributed by atoms with Crippen LogP contribution in [0, 0.1) is 13.8 Å². The molecule has 0 aliphatic rings. The highest BCUT2D eigenvalue weighted by Crippen LogP contribution is 2.17. The number of rotatable bonds is 12. The second-order valence-electron chi connectivity index (χ2n) is 7.92. The third-order valence-electron chi connectivity index (χ3n) is 5.18. The summed E-state index contributed by atoms with van der Waals surface area (Å²) in [7, 11) is 0. The van der Waals surface area contributed by atoms with Gasteiger partial charge in [0.1, 0.15) is 0 Å². The fourth-order valence-corrected chi connectivity index (χ4v) is 3.02. The molecule has 2 amide bonds. The van der Waals surface area contributed by atoms with Gasteiger partial charge in [0.2, 0.25) is 5.91 Å². The minimum Gasteiger partial charge on any atom is -0.462 e. The number of anilines is 2. The van der Waals surface area contributed by atoms with Crippen LogP contribution in [0.25, 0.3) is 0 Å². The van der Waals surface area contributed by atoms with Crippen LogP contribution in [-0.4, -0.2) is 37.0 Å². The SMILES string of the molecule is CCCCCOC(=O)c1ccc(NC(=O)CCC(=O)OCC(=O)Nc2cccc(C)c2C)cc1. The van der Waals surface area contributed by atoms with Crippen molar-refractivity contribution in [3.05, 3.63) is 59.2 Å². The van der Waals surface area contributed by atoms with Gasteiger partial charge in [-0.05, 0) is 61.7 Å². The van der Waals surface area contributed by atoms with Gasteiger partial charge in [-0.3, -0.25) is 14.4 Å². The molecule has 2 aromatic rings. The Bertz CT molecular complexity index is 1000. The molecule has 0 saturated carbocycles. The van der Waals surface area contributed by atoms with Crippen molar-refractivity contribution < 1.29 is 28.7 Å². The van der Waals surface area contributed by atoms with Gasteiger partial charge in [0.05, 0.1) is 18.6 Å². The van der Waals surface area contributed by atoms with Crippen LogP contribution in [0.1, 0.15) is 60.5 Å². The van der Waals surface area contributed by atoms with E-state index in [0.717, 1.165) is 30.4 Å². The maximum atomic E-state index is 12.1. The summed E-state index contributed by atoms with van der Waals surface area (Å²) in [5.41, 5.74) is 3.54. The lowest BCUT2D eigenvalue weighted by Gasteiger charge is -2.10. The third kappa shape index (κ3) is 9.05. The van der Waals surface area contributed by atoms with E-state index in [4.69, 9.17) is 9.47 Å². The Morgan fingerprint density at radius 2 is 1.56 bits per heavy atom. The van der Waals surface area contributed by atoms with Crippen molar-refractivity contribution in [2.24, 2.45) is 0 Å². The van der Waals surface area contributed by atoms with E-state index < -0.39 is 24.5 Å². The number of esters is 2. The molecule has 0 unspecified atom stereocenters. The standard InChI is InChI=1S/C26H32N2O6/c1-4-5-6-16-33-26(32)20-10-12-21(13-11-20)27-23(29)14-15-25(31)34-17-24(30)28-22-9-7-8-18(2)19(22)3/h7-13H,4-6,14-17H2,1-3H3,(H,27,29)(H,28,30). The van der Waals surface area contributed by atoms with Crippen LogP contribution < -0.4 is 10.6 Å². The van der Waals surface area contributed by atoms with Crippen LogP contribution in [0.2, 0.25) is 0 Å². The smallest absolute Gasteiger partial charge is 0.338 e. The maximum absolute atomic E-state index is 12.1. The molecule has 0 aliphatic carbocycles. The van der Waals surface area contributed by atoms with Crippen LogP contribution in [-0.2, 0) is 23.9 Å². The highest BCUT2D eigenvalue weighted by molar-refractivity contribution is 5.95. The van der Waals surface area contributed by atoms with E-state index >= 15 is 0 Å². The topological polar surface area (TPSA) is 111 Å². The molecule has 0 bridgehead atoms. The first-order chi connectivity index (χ1) is 16.3. The molecule has 0 spiro atoms. The summed E-state index contributed by atoms with van der Waals surface area (Å²) in [6.45, 7) is 5.86. The van der Waals surface area contributed by atoms with Crippen molar-refractivity contribution in [2.45, 2.75) is 52.9 Å². The first-order valence-electron chi connectivity index (χ1n) is 11.4. The van der Waals surface area contributed by atoms with Gasteiger partial charge in [0.25, 0.3) is 5.91 Å². The summed E-state index contributed by atoms with van der Waals surface area (Å²) in [4.78, 5) is 48.0. The monoisotopic (exact) mass is 468 g/mol.